The lowest BCUT2D eigenvalue weighted by Crippen LogP contribution is -2.28. The number of rotatable bonds is 2. The first-order valence-corrected chi connectivity index (χ1v) is 6.25. The molecule has 1 aromatic carbocycles. The largest absolute Gasteiger partial charge is 0.456 e. The molecule has 1 fully saturated rings. The second-order valence-corrected chi connectivity index (χ2v) is 5.44. The van der Waals surface area contributed by atoms with Gasteiger partial charge in [-0.1, -0.05) is 6.07 Å². The third kappa shape index (κ3) is 3.24. The lowest BCUT2D eigenvalue weighted by atomic mass is 10.1. The van der Waals surface area contributed by atoms with Crippen LogP contribution in [0.4, 0.5) is 10.5 Å². The van der Waals surface area contributed by atoms with E-state index in [4.69, 9.17) is 4.74 Å². The van der Waals surface area contributed by atoms with Crippen LogP contribution in [0.1, 0.15) is 31.1 Å². The fourth-order valence-corrected chi connectivity index (χ4v) is 1.86. The van der Waals surface area contributed by atoms with Crippen LogP contribution in [0, 0.1) is 0 Å². The second kappa shape index (κ2) is 4.91. The smallest absolute Gasteiger partial charge is 0.338 e. The number of ether oxygens (including phenoxy) is 1. The van der Waals surface area contributed by atoms with E-state index in [2.05, 4.69) is 5.32 Å². The minimum atomic E-state index is -0.530. The normalized spacial score (nSPS) is 15.3. The molecule has 1 saturated heterocycles. The second-order valence-electron chi connectivity index (χ2n) is 5.44. The summed E-state index contributed by atoms with van der Waals surface area (Å²) >= 11 is 0. The van der Waals surface area contributed by atoms with Crippen molar-refractivity contribution in [1.29, 1.82) is 0 Å². The first-order chi connectivity index (χ1) is 8.87. The zero-order valence-corrected chi connectivity index (χ0v) is 11.4. The number of amides is 2. The topological polar surface area (TPSA) is 58.6 Å². The summed E-state index contributed by atoms with van der Waals surface area (Å²) in [6, 6.07) is 6.78. The molecule has 0 spiro atoms. The highest BCUT2D eigenvalue weighted by Crippen LogP contribution is 2.20. The molecule has 5 heteroatoms. The van der Waals surface area contributed by atoms with Gasteiger partial charge in [0.25, 0.3) is 0 Å². The fourth-order valence-electron chi connectivity index (χ4n) is 1.86. The van der Waals surface area contributed by atoms with Gasteiger partial charge in [-0.2, -0.15) is 0 Å². The number of anilines is 1. The number of nitrogens with zero attached hydrogens (tertiary/aromatic N) is 1. The molecule has 1 heterocycles. The van der Waals surface area contributed by atoms with Gasteiger partial charge in [-0.15, -0.1) is 0 Å². The summed E-state index contributed by atoms with van der Waals surface area (Å²) in [4.78, 5) is 25.2. The van der Waals surface area contributed by atoms with Crippen molar-refractivity contribution in [3.8, 4) is 0 Å². The molecule has 5 nitrogen and oxygen atoms in total. The Kier molecular flexibility index (Phi) is 3.46. The lowest BCUT2D eigenvalue weighted by Gasteiger charge is -2.20. The van der Waals surface area contributed by atoms with Crippen molar-refractivity contribution < 1.29 is 14.3 Å². The van der Waals surface area contributed by atoms with E-state index in [-0.39, 0.29) is 12.0 Å². The van der Waals surface area contributed by atoms with Crippen LogP contribution >= 0.6 is 0 Å². The highest BCUT2D eigenvalue weighted by atomic mass is 16.6. The number of carbonyl (C=O) groups is 2. The van der Waals surface area contributed by atoms with Crippen molar-refractivity contribution in [2.24, 2.45) is 0 Å². The van der Waals surface area contributed by atoms with E-state index in [1.807, 2.05) is 20.8 Å². The highest BCUT2D eigenvalue weighted by Gasteiger charge is 2.23. The van der Waals surface area contributed by atoms with Gasteiger partial charge in [-0.3, -0.25) is 4.90 Å². The van der Waals surface area contributed by atoms with Crippen LogP contribution in [0.3, 0.4) is 0 Å². The molecule has 0 aliphatic carbocycles. The number of hydrogen-bond donors (Lipinski definition) is 1. The monoisotopic (exact) mass is 262 g/mol. The van der Waals surface area contributed by atoms with E-state index in [0.717, 1.165) is 0 Å². The summed E-state index contributed by atoms with van der Waals surface area (Å²) in [5, 5.41) is 2.73. The lowest BCUT2D eigenvalue weighted by molar-refractivity contribution is 0.00695. The maximum atomic E-state index is 12.0. The highest BCUT2D eigenvalue weighted by molar-refractivity contribution is 5.96. The van der Waals surface area contributed by atoms with Crippen LogP contribution < -0.4 is 10.2 Å². The zero-order valence-electron chi connectivity index (χ0n) is 11.4. The SMILES string of the molecule is CC(C)(C)OC(=O)c1cccc(N2CCNC2=O)c1. The quantitative estimate of drug-likeness (QED) is 0.831. The van der Waals surface area contributed by atoms with E-state index in [9.17, 15) is 9.59 Å². The van der Waals surface area contributed by atoms with Crippen LogP contribution in [-0.4, -0.2) is 30.7 Å². The number of nitrogens with one attached hydrogen (secondary N) is 1. The number of benzene rings is 1. The number of hydrogen-bond acceptors (Lipinski definition) is 3. The molecule has 1 aliphatic heterocycles. The van der Waals surface area contributed by atoms with E-state index >= 15 is 0 Å². The van der Waals surface area contributed by atoms with Crippen molar-refractivity contribution in [2.75, 3.05) is 18.0 Å². The Labute approximate surface area is 112 Å². The van der Waals surface area contributed by atoms with Crippen molar-refractivity contribution in [3.63, 3.8) is 0 Å². The third-order valence-electron chi connectivity index (χ3n) is 2.65. The molecule has 2 amide bonds. The van der Waals surface area contributed by atoms with Gasteiger partial charge in [0, 0.05) is 18.8 Å². The Morgan fingerprint density at radius 1 is 1.37 bits per heavy atom. The maximum Gasteiger partial charge on any atom is 0.338 e. The first-order valence-electron chi connectivity index (χ1n) is 6.25. The van der Waals surface area contributed by atoms with Crippen molar-refractivity contribution in [1.82, 2.24) is 5.32 Å². The summed E-state index contributed by atoms with van der Waals surface area (Å²) in [7, 11) is 0. The van der Waals surface area contributed by atoms with E-state index in [1.54, 1.807) is 29.2 Å². The summed E-state index contributed by atoms with van der Waals surface area (Å²) in [5.74, 6) is -0.381. The molecule has 0 atom stereocenters. The minimum absolute atomic E-state index is 0.138. The van der Waals surface area contributed by atoms with Crippen molar-refractivity contribution in [3.05, 3.63) is 29.8 Å². The van der Waals surface area contributed by atoms with Gasteiger partial charge in [0.15, 0.2) is 0 Å². The molecular weight excluding hydrogens is 244 g/mol. The molecule has 0 bridgehead atoms. The van der Waals surface area contributed by atoms with Gasteiger partial charge in [0.2, 0.25) is 0 Å². The van der Waals surface area contributed by atoms with Crippen LogP contribution in [0.2, 0.25) is 0 Å². The standard InChI is InChI=1S/C14H18N2O3/c1-14(2,3)19-12(17)10-5-4-6-11(9-10)16-8-7-15-13(16)18/h4-6,9H,7-8H2,1-3H3,(H,15,18). The number of urea groups is 1. The van der Waals surface area contributed by atoms with Crippen LogP contribution in [0.5, 0.6) is 0 Å². The molecule has 102 valence electrons. The molecule has 1 N–H and O–H groups in total. The molecule has 0 aromatic heterocycles. The average molecular weight is 262 g/mol. The third-order valence-corrected chi connectivity index (χ3v) is 2.65. The Balaban J connectivity index is 2.20. The molecular formula is C14H18N2O3. The van der Waals surface area contributed by atoms with Crippen LogP contribution in [0.15, 0.2) is 24.3 Å². The van der Waals surface area contributed by atoms with Crippen molar-refractivity contribution in [2.45, 2.75) is 26.4 Å². The summed E-state index contributed by atoms with van der Waals surface area (Å²) in [6.45, 7) is 6.69. The molecule has 0 radical (unpaired) electrons. The molecule has 0 saturated carbocycles. The molecule has 1 aromatic rings. The average Bonchev–Trinajstić information content (AvgIpc) is 2.73. The summed E-state index contributed by atoms with van der Waals surface area (Å²) in [6.07, 6.45) is 0. The van der Waals surface area contributed by atoms with Gasteiger partial charge in [0.05, 0.1) is 5.56 Å². The number of carbonyl (C=O) groups excluding carboxylic acids is 2. The predicted molar refractivity (Wildman–Crippen MR) is 72.4 cm³/mol. The van der Waals surface area contributed by atoms with E-state index < -0.39 is 5.60 Å². The van der Waals surface area contributed by atoms with Gasteiger partial charge in [-0.05, 0) is 39.0 Å². The van der Waals surface area contributed by atoms with Crippen molar-refractivity contribution >= 4 is 17.7 Å². The Morgan fingerprint density at radius 2 is 2.11 bits per heavy atom. The van der Waals surface area contributed by atoms with Gasteiger partial charge >= 0.3 is 12.0 Å². The summed E-state index contributed by atoms with van der Waals surface area (Å²) < 4.78 is 5.31. The predicted octanol–water partition coefficient (Wildman–Crippen LogP) is 2.17. The van der Waals surface area contributed by atoms with E-state index in [0.29, 0.717) is 24.3 Å². The molecule has 1 aliphatic rings. The summed E-state index contributed by atoms with van der Waals surface area (Å²) in [5.41, 5.74) is 0.628. The molecule has 2 rings (SSSR count). The Bertz CT molecular complexity index is 506. The van der Waals surface area contributed by atoms with Gasteiger partial charge in [0.1, 0.15) is 5.60 Å². The molecule has 0 unspecified atom stereocenters. The first kappa shape index (κ1) is 13.4. The Morgan fingerprint density at radius 3 is 2.68 bits per heavy atom. The zero-order chi connectivity index (χ0) is 14.0. The number of esters is 1. The fraction of sp³-hybridized carbons (Fsp3) is 0.429. The van der Waals surface area contributed by atoms with Crippen LogP contribution in [-0.2, 0) is 4.74 Å². The maximum absolute atomic E-state index is 12.0. The van der Waals surface area contributed by atoms with Gasteiger partial charge < -0.3 is 10.1 Å². The van der Waals surface area contributed by atoms with Crippen LogP contribution in [0.25, 0.3) is 0 Å². The molecule has 19 heavy (non-hydrogen) atoms. The Hall–Kier alpha value is -2.04. The van der Waals surface area contributed by atoms with Gasteiger partial charge in [-0.25, -0.2) is 9.59 Å². The minimum Gasteiger partial charge on any atom is -0.456 e. The van der Waals surface area contributed by atoms with E-state index in [1.165, 1.54) is 0 Å².